The Morgan fingerprint density at radius 2 is 1.56 bits per heavy atom. The monoisotopic (exact) mass is 365 g/mol. The molecule has 25 heavy (non-hydrogen) atoms. The number of carboxylic acid groups (broad SMARTS) is 1. The van der Waals surface area contributed by atoms with E-state index in [0.29, 0.717) is 10.1 Å². The van der Waals surface area contributed by atoms with Gasteiger partial charge in [0, 0.05) is 12.7 Å². The fraction of sp³-hybridized carbons (Fsp3) is 0.200. The molecule has 0 amide bonds. The van der Waals surface area contributed by atoms with Gasteiger partial charge in [-0.1, -0.05) is 30.3 Å². The number of aromatic carboxylic acids is 1. The average molecular weight is 365 g/mol. The molecule has 2 aromatic rings. The van der Waals surface area contributed by atoms with Crippen molar-refractivity contribution in [3.05, 3.63) is 58.9 Å². The van der Waals surface area contributed by atoms with Crippen molar-refractivity contribution in [2.45, 2.75) is 18.9 Å². The summed E-state index contributed by atoms with van der Waals surface area (Å²) in [6.45, 7) is -0.448. The van der Waals surface area contributed by atoms with Gasteiger partial charge in [-0.05, 0) is 5.56 Å². The summed E-state index contributed by atoms with van der Waals surface area (Å²) in [5.41, 5.74) is -4.93. The minimum absolute atomic E-state index is 0.273. The second-order valence-electron chi connectivity index (χ2n) is 5.01. The highest BCUT2D eigenvalue weighted by atomic mass is 19.4. The molecule has 0 unspecified atom stereocenters. The summed E-state index contributed by atoms with van der Waals surface area (Å²) in [4.78, 5) is 22.6. The Bertz CT molecular complexity index is 805. The van der Waals surface area contributed by atoms with E-state index in [2.05, 4.69) is 0 Å². The van der Waals surface area contributed by atoms with Crippen molar-refractivity contribution in [1.29, 1.82) is 0 Å². The Balaban J connectivity index is 2.70. The van der Waals surface area contributed by atoms with E-state index in [1.807, 2.05) is 0 Å². The zero-order chi connectivity index (χ0) is 19.0. The molecule has 0 aliphatic rings. The number of aromatic nitrogens is 1. The van der Waals surface area contributed by atoms with Crippen molar-refractivity contribution in [1.82, 2.24) is 4.57 Å². The molecule has 4 nitrogen and oxygen atoms in total. The first-order valence-electron chi connectivity index (χ1n) is 6.62. The molecular weight excluding hydrogens is 356 g/mol. The highest BCUT2D eigenvalue weighted by molar-refractivity contribution is 6.04. The van der Waals surface area contributed by atoms with E-state index in [-0.39, 0.29) is 6.20 Å². The Labute approximate surface area is 136 Å². The van der Waals surface area contributed by atoms with Crippen molar-refractivity contribution < 1.29 is 41.0 Å². The first-order chi connectivity index (χ1) is 11.4. The van der Waals surface area contributed by atoms with Crippen molar-refractivity contribution in [3.63, 3.8) is 0 Å². The van der Waals surface area contributed by atoms with Gasteiger partial charge < -0.3 is 9.67 Å². The van der Waals surface area contributed by atoms with Crippen molar-refractivity contribution in [2.24, 2.45) is 0 Å². The van der Waals surface area contributed by atoms with Crippen LogP contribution in [0.5, 0.6) is 0 Å². The van der Waals surface area contributed by atoms with Gasteiger partial charge in [-0.15, -0.1) is 0 Å². The predicted molar refractivity (Wildman–Crippen MR) is 72.3 cm³/mol. The number of benzene rings is 1. The van der Waals surface area contributed by atoms with Crippen molar-refractivity contribution in [3.8, 4) is 0 Å². The fourth-order valence-electron chi connectivity index (χ4n) is 2.30. The van der Waals surface area contributed by atoms with Crippen LogP contribution >= 0.6 is 0 Å². The Morgan fingerprint density at radius 3 is 2.00 bits per heavy atom. The van der Waals surface area contributed by atoms with E-state index in [0.717, 1.165) is 0 Å². The average Bonchev–Trinajstić information content (AvgIpc) is 2.86. The number of carboxylic acids is 1. The van der Waals surface area contributed by atoms with Crippen molar-refractivity contribution >= 4 is 11.8 Å². The van der Waals surface area contributed by atoms with Crippen LogP contribution in [0.1, 0.15) is 32.0 Å². The van der Waals surface area contributed by atoms with Crippen LogP contribution in [0.15, 0.2) is 36.5 Å². The minimum atomic E-state index is -5.57. The first kappa shape index (κ1) is 18.6. The van der Waals surface area contributed by atoms with Crippen LogP contribution in [-0.4, -0.2) is 27.6 Å². The molecule has 0 saturated carbocycles. The van der Waals surface area contributed by atoms with Gasteiger partial charge in [0.25, 0.3) is 5.78 Å². The van der Waals surface area contributed by atoms with Crippen LogP contribution in [-0.2, 0) is 12.7 Å². The highest BCUT2D eigenvalue weighted by Crippen LogP contribution is 2.38. The summed E-state index contributed by atoms with van der Waals surface area (Å²) in [6, 6.07) is 7.53. The normalized spacial score (nSPS) is 12.2. The summed E-state index contributed by atoms with van der Waals surface area (Å²) in [5.74, 6) is -4.85. The van der Waals surface area contributed by atoms with E-state index in [1.165, 1.54) is 24.3 Å². The molecule has 0 saturated heterocycles. The second kappa shape index (κ2) is 6.26. The number of alkyl halides is 6. The molecule has 0 radical (unpaired) electrons. The van der Waals surface area contributed by atoms with Gasteiger partial charge >= 0.3 is 18.3 Å². The van der Waals surface area contributed by atoms with Crippen LogP contribution in [0, 0.1) is 0 Å². The number of carbonyl (C=O) groups excluding carboxylic acids is 1. The lowest BCUT2D eigenvalue weighted by Gasteiger charge is -2.11. The molecule has 0 fully saturated rings. The lowest BCUT2D eigenvalue weighted by molar-refractivity contribution is -0.139. The highest BCUT2D eigenvalue weighted by Gasteiger charge is 2.48. The molecular formula is C15H9F6NO3. The summed E-state index contributed by atoms with van der Waals surface area (Å²) in [7, 11) is 0. The van der Waals surface area contributed by atoms with E-state index < -0.39 is 47.5 Å². The molecule has 2 rings (SSSR count). The van der Waals surface area contributed by atoms with Gasteiger partial charge in [0.2, 0.25) is 0 Å². The first-order valence-corrected chi connectivity index (χ1v) is 6.62. The molecule has 0 spiro atoms. The van der Waals surface area contributed by atoms with E-state index in [1.54, 1.807) is 6.07 Å². The number of Topliss-reactive ketones (excluding diaryl/α,β-unsaturated/α-hetero) is 1. The number of hydrogen-bond donors (Lipinski definition) is 1. The van der Waals surface area contributed by atoms with Gasteiger partial charge in [-0.25, -0.2) is 4.79 Å². The maximum Gasteiger partial charge on any atom is 0.454 e. The smallest absolute Gasteiger partial charge is 0.454 e. The number of ketones is 1. The lowest BCUT2D eigenvalue weighted by atomic mass is 10.1. The molecule has 1 N–H and O–H groups in total. The largest absolute Gasteiger partial charge is 0.477 e. The third-order valence-electron chi connectivity index (χ3n) is 3.26. The van der Waals surface area contributed by atoms with Gasteiger partial charge in [0.05, 0.1) is 11.1 Å². The topological polar surface area (TPSA) is 59.3 Å². The molecule has 0 aliphatic carbocycles. The fourth-order valence-corrected chi connectivity index (χ4v) is 2.30. The Hall–Kier alpha value is -2.78. The number of nitrogens with zero attached hydrogens (tertiary/aromatic N) is 1. The lowest BCUT2D eigenvalue weighted by Crippen LogP contribution is -2.25. The van der Waals surface area contributed by atoms with Gasteiger partial charge in [0.15, 0.2) is 0 Å². The standard InChI is InChI=1S/C15H9F6NO3/c16-14(17,18)10-9(12(23)15(19,20)21)7-22(11(10)13(24)25)6-8-4-2-1-3-5-8/h1-5,7H,6H2,(H,24,25). The Kier molecular flexibility index (Phi) is 4.65. The molecule has 1 aromatic carbocycles. The third-order valence-corrected chi connectivity index (χ3v) is 3.26. The van der Waals surface area contributed by atoms with Gasteiger partial charge in [-0.3, -0.25) is 4.79 Å². The van der Waals surface area contributed by atoms with Gasteiger partial charge in [-0.2, -0.15) is 26.3 Å². The maximum atomic E-state index is 13.2. The summed E-state index contributed by atoms with van der Waals surface area (Å²) < 4.78 is 77.8. The zero-order valence-corrected chi connectivity index (χ0v) is 12.1. The van der Waals surface area contributed by atoms with Crippen LogP contribution in [0.3, 0.4) is 0 Å². The number of rotatable bonds is 4. The summed E-state index contributed by atoms with van der Waals surface area (Å²) >= 11 is 0. The van der Waals surface area contributed by atoms with Crippen LogP contribution < -0.4 is 0 Å². The summed E-state index contributed by atoms with van der Waals surface area (Å²) in [5, 5.41) is 9.07. The van der Waals surface area contributed by atoms with Crippen molar-refractivity contribution in [2.75, 3.05) is 0 Å². The van der Waals surface area contributed by atoms with Crippen LogP contribution in [0.4, 0.5) is 26.3 Å². The number of hydrogen-bond acceptors (Lipinski definition) is 2. The summed E-state index contributed by atoms with van der Waals surface area (Å²) in [6.07, 6.45) is -10.8. The molecule has 134 valence electrons. The third kappa shape index (κ3) is 3.83. The zero-order valence-electron chi connectivity index (χ0n) is 12.1. The molecule has 1 aromatic heterocycles. The minimum Gasteiger partial charge on any atom is -0.477 e. The predicted octanol–water partition coefficient (Wildman–Crippen LogP) is 4.00. The molecule has 0 aliphatic heterocycles. The number of carbonyl (C=O) groups is 2. The molecule has 0 bridgehead atoms. The Morgan fingerprint density at radius 1 is 1.00 bits per heavy atom. The van der Waals surface area contributed by atoms with E-state index in [9.17, 15) is 35.9 Å². The van der Waals surface area contributed by atoms with E-state index in [4.69, 9.17) is 5.11 Å². The second-order valence-corrected chi connectivity index (χ2v) is 5.01. The molecule has 0 atom stereocenters. The van der Waals surface area contributed by atoms with Gasteiger partial charge in [0.1, 0.15) is 5.69 Å². The van der Waals surface area contributed by atoms with Crippen LogP contribution in [0.2, 0.25) is 0 Å². The van der Waals surface area contributed by atoms with Crippen LogP contribution in [0.25, 0.3) is 0 Å². The molecule has 10 heteroatoms. The van der Waals surface area contributed by atoms with E-state index >= 15 is 0 Å². The SMILES string of the molecule is O=C(O)c1c(C(F)(F)F)c(C(=O)C(F)(F)F)cn1Cc1ccccc1. The quantitative estimate of drug-likeness (QED) is 0.658. The maximum absolute atomic E-state index is 13.2. The molecule has 1 heterocycles. The number of halogens is 6.